The number of hydrogen-bond acceptors (Lipinski definition) is 4. The Hall–Kier alpha value is -3.44. The number of rotatable bonds is 6. The highest BCUT2D eigenvalue weighted by Gasteiger charge is 2.17. The molecule has 5 rings (SSSR count). The molecule has 1 N–H and O–H groups in total. The number of fused-ring (bicyclic) bond motifs is 3. The topological polar surface area (TPSA) is 63.8 Å². The minimum atomic E-state index is 0.0155. The van der Waals surface area contributed by atoms with Gasteiger partial charge >= 0.3 is 0 Å². The number of nitrogens with zero attached hydrogens (tertiary/aromatic N) is 2. The van der Waals surface area contributed by atoms with E-state index in [0.717, 1.165) is 32.9 Å². The van der Waals surface area contributed by atoms with E-state index in [0.29, 0.717) is 30.6 Å². The number of aliphatic hydroxyl groups excluding tert-OH is 1. The van der Waals surface area contributed by atoms with Crippen LogP contribution in [0.2, 0.25) is 0 Å². The maximum atomic E-state index is 13.4. The van der Waals surface area contributed by atoms with E-state index in [9.17, 15) is 4.79 Å². The maximum Gasteiger partial charge on any atom is 0.193 e. The summed E-state index contributed by atoms with van der Waals surface area (Å²) in [6.45, 7) is 0.484. The molecule has 0 aliphatic heterocycles. The summed E-state index contributed by atoms with van der Waals surface area (Å²) >= 11 is 0. The molecule has 0 unspecified atom stereocenters. The van der Waals surface area contributed by atoms with Gasteiger partial charge in [0.1, 0.15) is 5.75 Å². The minimum Gasteiger partial charge on any atom is -0.493 e. The summed E-state index contributed by atoms with van der Waals surface area (Å²) in [6.07, 6.45) is 6.56. The van der Waals surface area contributed by atoms with Gasteiger partial charge in [-0.25, -0.2) is 0 Å². The number of aromatic nitrogens is 2. The van der Waals surface area contributed by atoms with E-state index >= 15 is 0 Å². The van der Waals surface area contributed by atoms with Crippen molar-refractivity contribution in [3.63, 3.8) is 0 Å². The average molecular weight is 384 g/mol. The molecule has 5 heteroatoms. The molecule has 5 aromatic rings. The van der Waals surface area contributed by atoms with Gasteiger partial charge in [0.15, 0.2) is 5.43 Å². The normalized spacial score (nSPS) is 11.6. The Bertz CT molecular complexity index is 1360. The predicted octanol–water partition coefficient (Wildman–Crippen LogP) is 3.79. The molecule has 3 heterocycles. The van der Waals surface area contributed by atoms with Crippen LogP contribution in [0.4, 0.5) is 0 Å². The molecule has 29 heavy (non-hydrogen) atoms. The highest BCUT2D eigenvalue weighted by molar-refractivity contribution is 6.14. The molecule has 0 saturated heterocycles. The zero-order valence-electron chi connectivity index (χ0n) is 15.8. The zero-order valence-corrected chi connectivity index (χ0v) is 15.8. The van der Waals surface area contributed by atoms with Crippen molar-refractivity contribution in [1.82, 2.24) is 9.38 Å². The third kappa shape index (κ3) is 3.00. The van der Waals surface area contributed by atoms with E-state index in [-0.39, 0.29) is 12.0 Å². The number of pyridine rings is 2. The Balaban J connectivity index is 1.77. The van der Waals surface area contributed by atoms with Crippen LogP contribution in [0.3, 0.4) is 0 Å². The fourth-order valence-corrected chi connectivity index (χ4v) is 3.99. The first-order valence-electron chi connectivity index (χ1n) is 9.71. The van der Waals surface area contributed by atoms with Crippen LogP contribution in [0.25, 0.3) is 27.2 Å². The van der Waals surface area contributed by atoms with E-state index in [2.05, 4.69) is 21.5 Å². The van der Waals surface area contributed by atoms with Crippen LogP contribution >= 0.6 is 0 Å². The lowest BCUT2D eigenvalue weighted by molar-refractivity contribution is 0.234. The second-order valence-electron chi connectivity index (χ2n) is 7.20. The Kier molecular flexibility index (Phi) is 4.37. The SMILES string of the molecule is O=c1c(Cc2cccnc2)cn2c3ccccc3c3cc(OCCCO)cc1c32. The summed E-state index contributed by atoms with van der Waals surface area (Å²) in [5.74, 6) is 0.653. The molecule has 5 nitrogen and oxygen atoms in total. The summed E-state index contributed by atoms with van der Waals surface area (Å²) < 4.78 is 7.95. The van der Waals surface area contributed by atoms with E-state index in [1.165, 1.54) is 0 Å². The van der Waals surface area contributed by atoms with Gasteiger partial charge in [0.2, 0.25) is 0 Å². The molecule has 0 amide bonds. The van der Waals surface area contributed by atoms with Gasteiger partial charge in [-0.15, -0.1) is 0 Å². The molecule has 0 atom stereocenters. The van der Waals surface area contributed by atoms with E-state index in [4.69, 9.17) is 9.84 Å². The van der Waals surface area contributed by atoms with Gasteiger partial charge in [0.05, 0.1) is 23.0 Å². The van der Waals surface area contributed by atoms with Crippen LogP contribution < -0.4 is 10.2 Å². The van der Waals surface area contributed by atoms with E-state index in [1.54, 1.807) is 12.4 Å². The first kappa shape index (κ1) is 17.6. The smallest absolute Gasteiger partial charge is 0.193 e. The molecule has 0 spiro atoms. The van der Waals surface area contributed by atoms with Crippen LogP contribution in [0, 0.1) is 0 Å². The van der Waals surface area contributed by atoms with E-state index in [1.807, 2.05) is 42.6 Å². The lowest BCUT2D eigenvalue weighted by atomic mass is 10.0. The van der Waals surface area contributed by atoms with Gasteiger partial charge in [-0.05, 0) is 29.8 Å². The van der Waals surface area contributed by atoms with Crippen molar-refractivity contribution in [2.24, 2.45) is 0 Å². The Morgan fingerprint density at radius 3 is 2.72 bits per heavy atom. The standard InChI is InChI=1S/C24H20N2O3/c27-9-4-10-29-18-12-20-19-6-1-2-7-22(19)26-15-17(11-16-5-3-8-25-14-16)24(28)21(13-18)23(20)26/h1-3,5-8,12-15,27H,4,9-11H2. The third-order valence-corrected chi connectivity index (χ3v) is 5.29. The van der Waals surface area contributed by atoms with Crippen molar-refractivity contribution < 1.29 is 9.84 Å². The van der Waals surface area contributed by atoms with Crippen LogP contribution in [-0.2, 0) is 6.42 Å². The summed E-state index contributed by atoms with van der Waals surface area (Å²) in [7, 11) is 0. The second-order valence-corrected chi connectivity index (χ2v) is 7.20. The molecular formula is C24H20N2O3. The second kappa shape index (κ2) is 7.18. The van der Waals surface area contributed by atoms with Gasteiger partial charge in [-0.3, -0.25) is 9.78 Å². The van der Waals surface area contributed by atoms with Crippen LogP contribution in [-0.4, -0.2) is 27.7 Å². The average Bonchev–Trinajstić information content (AvgIpc) is 3.07. The predicted molar refractivity (Wildman–Crippen MR) is 114 cm³/mol. The van der Waals surface area contributed by atoms with Crippen LogP contribution in [0.5, 0.6) is 5.75 Å². The summed E-state index contributed by atoms with van der Waals surface area (Å²) in [5, 5.41) is 11.8. The van der Waals surface area contributed by atoms with Gasteiger partial charge in [0.25, 0.3) is 0 Å². The van der Waals surface area contributed by atoms with Crippen molar-refractivity contribution in [2.45, 2.75) is 12.8 Å². The van der Waals surface area contributed by atoms with Crippen molar-refractivity contribution in [1.29, 1.82) is 0 Å². The van der Waals surface area contributed by atoms with E-state index < -0.39 is 0 Å². The van der Waals surface area contributed by atoms with Gasteiger partial charge in [0, 0.05) is 54.4 Å². The third-order valence-electron chi connectivity index (χ3n) is 5.29. The quantitative estimate of drug-likeness (QED) is 0.453. The molecule has 3 aromatic heterocycles. The van der Waals surface area contributed by atoms with Gasteiger partial charge in [-0.1, -0.05) is 24.3 Å². The molecule has 0 aliphatic carbocycles. The molecule has 0 aliphatic rings. The first-order valence-corrected chi connectivity index (χ1v) is 9.71. The van der Waals surface area contributed by atoms with Crippen LogP contribution in [0.1, 0.15) is 17.5 Å². The lowest BCUT2D eigenvalue weighted by Gasteiger charge is -2.09. The molecule has 0 bridgehead atoms. The highest BCUT2D eigenvalue weighted by Crippen LogP contribution is 2.34. The fraction of sp³-hybridized carbons (Fsp3) is 0.167. The van der Waals surface area contributed by atoms with Crippen molar-refractivity contribution in [3.8, 4) is 5.75 Å². The fourth-order valence-electron chi connectivity index (χ4n) is 3.99. The van der Waals surface area contributed by atoms with Crippen molar-refractivity contribution >= 4 is 27.2 Å². The molecule has 0 fully saturated rings. The molecule has 0 radical (unpaired) electrons. The summed E-state index contributed by atoms with van der Waals surface area (Å²) in [5.41, 5.74) is 3.72. The van der Waals surface area contributed by atoms with Crippen molar-refractivity contribution in [2.75, 3.05) is 13.2 Å². The summed E-state index contributed by atoms with van der Waals surface area (Å²) in [4.78, 5) is 17.5. The number of aliphatic hydroxyl groups is 1. The monoisotopic (exact) mass is 384 g/mol. The molecule has 144 valence electrons. The maximum absolute atomic E-state index is 13.4. The minimum absolute atomic E-state index is 0.0155. The Morgan fingerprint density at radius 1 is 1.03 bits per heavy atom. The number of ether oxygens (including phenoxy) is 1. The molecular weight excluding hydrogens is 364 g/mol. The zero-order chi connectivity index (χ0) is 19.8. The number of benzene rings is 2. The van der Waals surface area contributed by atoms with Crippen LogP contribution in [0.15, 0.2) is 71.9 Å². The Morgan fingerprint density at radius 2 is 1.90 bits per heavy atom. The number of hydrogen-bond donors (Lipinski definition) is 1. The molecule has 2 aromatic carbocycles. The van der Waals surface area contributed by atoms with Crippen molar-refractivity contribution in [3.05, 3.63) is 88.5 Å². The lowest BCUT2D eigenvalue weighted by Crippen LogP contribution is -2.12. The first-order chi connectivity index (χ1) is 14.3. The summed E-state index contributed by atoms with van der Waals surface area (Å²) in [6, 6.07) is 15.8. The highest BCUT2D eigenvalue weighted by atomic mass is 16.5. The largest absolute Gasteiger partial charge is 0.493 e. The number of para-hydroxylation sites is 1. The Labute approximate surface area is 167 Å². The van der Waals surface area contributed by atoms with Gasteiger partial charge < -0.3 is 14.2 Å². The van der Waals surface area contributed by atoms with Gasteiger partial charge in [-0.2, -0.15) is 0 Å². The molecule has 0 saturated carbocycles.